The lowest BCUT2D eigenvalue weighted by Gasteiger charge is -2.45. The topological polar surface area (TPSA) is 36.9 Å². The minimum atomic E-state index is -2.19. The Kier molecular flexibility index (Phi) is 9.93. The molecule has 4 nitrogen and oxygen atoms in total. The summed E-state index contributed by atoms with van der Waals surface area (Å²) in [6, 6.07) is 1.02. The van der Waals surface area contributed by atoms with Crippen molar-refractivity contribution in [1.29, 1.82) is 0 Å². The molecule has 0 N–H and O–H groups in total. The first-order chi connectivity index (χ1) is 11.1. The molecule has 23 heavy (non-hydrogen) atoms. The lowest BCUT2D eigenvalue weighted by molar-refractivity contribution is -0.307. The minimum Gasteiger partial charge on any atom is -0.394 e. The third-order valence-corrected chi connectivity index (χ3v) is 7.52. The number of unbranched alkanes of at least 4 members (excludes halogenated alkanes) is 1. The van der Waals surface area contributed by atoms with Crippen LogP contribution in [-0.2, 0) is 18.3 Å². The van der Waals surface area contributed by atoms with E-state index in [-0.39, 0.29) is 6.10 Å². The Hall–Kier alpha value is 0.0569. The molecule has 1 fully saturated rings. The fourth-order valence-electron chi connectivity index (χ4n) is 3.19. The Labute approximate surface area is 144 Å². The van der Waals surface area contributed by atoms with Gasteiger partial charge in [0.25, 0.3) is 0 Å². The van der Waals surface area contributed by atoms with Gasteiger partial charge < -0.3 is 18.3 Å². The predicted octanol–water partition coefficient (Wildman–Crippen LogP) is 5.01. The van der Waals surface area contributed by atoms with Crippen LogP contribution in [0.4, 0.5) is 0 Å². The first kappa shape index (κ1) is 21.1. The van der Waals surface area contributed by atoms with Gasteiger partial charge in [-0.1, -0.05) is 47.0 Å². The van der Waals surface area contributed by atoms with Crippen LogP contribution in [0.15, 0.2) is 0 Å². The van der Waals surface area contributed by atoms with Crippen LogP contribution in [-0.4, -0.2) is 40.3 Å². The van der Waals surface area contributed by atoms with Gasteiger partial charge >= 0.3 is 8.56 Å². The summed E-state index contributed by atoms with van der Waals surface area (Å²) in [5.74, 6) is -0.579. The zero-order chi connectivity index (χ0) is 17.2. The van der Waals surface area contributed by atoms with Crippen molar-refractivity contribution in [2.24, 2.45) is 0 Å². The normalized spacial score (nSPS) is 21.8. The summed E-state index contributed by atoms with van der Waals surface area (Å²) in [6.45, 7) is 13.3. The van der Waals surface area contributed by atoms with E-state index in [1.54, 1.807) is 0 Å². The fourth-order valence-corrected chi connectivity index (χ4v) is 5.91. The lowest BCUT2D eigenvalue weighted by Crippen LogP contribution is -2.56. The van der Waals surface area contributed by atoms with Crippen LogP contribution in [0.25, 0.3) is 0 Å². The van der Waals surface area contributed by atoms with Crippen LogP contribution in [0, 0.1) is 0 Å². The zero-order valence-corrected chi connectivity index (χ0v) is 17.0. The first-order valence-electron chi connectivity index (χ1n) is 9.65. The van der Waals surface area contributed by atoms with Crippen LogP contribution >= 0.6 is 0 Å². The molecule has 1 aliphatic rings. The highest BCUT2D eigenvalue weighted by molar-refractivity contribution is 6.66. The van der Waals surface area contributed by atoms with Crippen molar-refractivity contribution in [2.75, 3.05) is 19.8 Å². The molecule has 1 rings (SSSR count). The first-order valence-corrected chi connectivity index (χ1v) is 12.2. The maximum Gasteiger partial charge on any atom is 0.335 e. The molecule has 0 aromatic rings. The Morgan fingerprint density at radius 2 is 1.74 bits per heavy atom. The summed E-state index contributed by atoms with van der Waals surface area (Å²) in [5.41, 5.74) is 0. The summed E-state index contributed by atoms with van der Waals surface area (Å²) in [5, 5.41) is 0. The van der Waals surface area contributed by atoms with E-state index >= 15 is 0 Å². The standard InChI is InChI=1S/C18H38O4Si/c1-6-10-15-21-23(5,16-8-3)22-17(12-7-2)18(9-4)19-13-11-14-20-18/h17H,6-16H2,1-5H3. The summed E-state index contributed by atoms with van der Waals surface area (Å²) in [4.78, 5) is 0. The Balaban J connectivity index is 2.83. The average Bonchev–Trinajstić information content (AvgIpc) is 2.55. The molecule has 0 aliphatic carbocycles. The van der Waals surface area contributed by atoms with Gasteiger partial charge in [0.15, 0.2) is 5.79 Å². The van der Waals surface area contributed by atoms with Gasteiger partial charge in [0.1, 0.15) is 6.10 Å². The second-order valence-electron chi connectivity index (χ2n) is 6.70. The molecular weight excluding hydrogens is 308 g/mol. The van der Waals surface area contributed by atoms with Gasteiger partial charge in [-0.05, 0) is 31.9 Å². The van der Waals surface area contributed by atoms with Gasteiger partial charge in [-0.15, -0.1) is 0 Å². The molecule has 0 amide bonds. The maximum absolute atomic E-state index is 6.67. The minimum absolute atomic E-state index is 0.0253. The molecule has 1 aliphatic heterocycles. The summed E-state index contributed by atoms with van der Waals surface area (Å²) in [6.07, 6.45) is 7.12. The number of hydrogen-bond donors (Lipinski definition) is 0. The van der Waals surface area contributed by atoms with Crippen molar-refractivity contribution in [3.63, 3.8) is 0 Å². The fraction of sp³-hybridized carbons (Fsp3) is 1.00. The van der Waals surface area contributed by atoms with E-state index in [9.17, 15) is 0 Å². The van der Waals surface area contributed by atoms with E-state index in [1.165, 1.54) is 0 Å². The SMILES string of the molecule is CCCCO[Si](C)(CCC)OC(CCC)C1(CC)OCCCO1. The highest BCUT2D eigenvalue weighted by atomic mass is 28.4. The van der Waals surface area contributed by atoms with Crippen molar-refractivity contribution in [3.05, 3.63) is 0 Å². The van der Waals surface area contributed by atoms with Crippen molar-refractivity contribution < 1.29 is 18.3 Å². The van der Waals surface area contributed by atoms with Crippen molar-refractivity contribution in [1.82, 2.24) is 0 Å². The molecule has 2 atom stereocenters. The van der Waals surface area contributed by atoms with Gasteiger partial charge in [0.05, 0.1) is 13.2 Å². The number of ether oxygens (including phenoxy) is 2. The van der Waals surface area contributed by atoms with Crippen molar-refractivity contribution in [3.8, 4) is 0 Å². The third kappa shape index (κ3) is 6.46. The van der Waals surface area contributed by atoms with Crippen LogP contribution in [0.3, 0.4) is 0 Å². The molecule has 1 saturated heterocycles. The predicted molar refractivity (Wildman–Crippen MR) is 96.9 cm³/mol. The zero-order valence-electron chi connectivity index (χ0n) is 16.0. The molecular formula is C18H38O4Si. The number of rotatable bonds is 12. The summed E-state index contributed by atoms with van der Waals surface area (Å²) >= 11 is 0. The molecule has 0 aromatic heterocycles. The van der Waals surface area contributed by atoms with E-state index in [1.807, 2.05) is 0 Å². The molecule has 0 bridgehead atoms. The lowest BCUT2D eigenvalue weighted by atomic mass is 10.0. The van der Waals surface area contributed by atoms with Gasteiger partial charge in [-0.2, -0.15) is 0 Å². The highest BCUT2D eigenvalue weighted by Gasteiger charge is 2.46. The number of hydrogen-bond acceptors (Lipinski definition) is 4. The highest BCUT2D eigenvalue weighted by Crippen LogP contribution is 2.34. The maximum atomic E-state index is 6.67. The summed E-state index contributed by atoms with van der Waals surface area (Å²) in [7, 11) is -2.19. The van der Waals surface area contributed by atoms with Gasteiger partial charge in [-0.25, -0.2) is 0 Å². The van der Waals surface area contributed by atoms with E-state index in [2.05, 4.69) is 34.2 Å². The Morgan fingerprint density at radius 1 is 1.04 bits per heavy atom. The molecule has 0 radical (unpaired) electrons. The third-order valence-electron chi connectivity index (χ3n) is 4.52. The van der Waals surface area contributed by atoms with Crippen LogP contribution in [0.1, 0.15) is 72.6 Å². The van der Waals surface area contributed by atoms with Crippen molar-refractivity contribution >= 4 is 8.56 Å². The smallest absolute Gasteiger partial charge is 0.335 e. The largest absolute Gasteiger partial charge is 0.394 e. The van der Waals surface area contributed by atoms with Gasteiger partial charge in [-0.3, -0.25) is 0 Å². The van der Waals surface area contributed by atoms with Crippen LogP contribution in [0.2, 0.25) is 12.6 Å². The van der Waals surface area contributed by atoms with Crippen LogP contribution < -0.4 is 0 Å². The molecule has 1 heterocycles. The molecule has 5 heteroatoms. The Bertz CT molecular complexity index is 307. The Morgan fingerprint density at radius 3 is 2.26 bits per heavy atom. The molecule has 0 saturated carbocycles. The average molecular weight is 347 g/mol. The van der Waals surface area contributed by atoms with E-state index in [0.29, 0.717) is 0 Å². The molecule has 0 spiro atoms. The second-order valence-corrected chi connectivity index (χ2v) is 9.99. The molecule has 0 aromatic carbocycles. The summed E-state index contributed by atoms with van der Waals surface area (Å²) < 4.78 is 25.1. The second kappa shape index (κ2) is 10.8. The van der Waals surface area contributed by atoms with Gasteiger partial charge in [0.2, 0.25) is 0 Å². The quantitative estimate of drug-likeness (QED) is 0.367. The van der Waals surface area contributed by atoms with E-state index < -0.39 is 14.3 Å². The van der Waals surface area contributed by atoms with Crippen molar-refractivity contribution in [2.45, 2.75) is 97.1 Å². The van der Waals surface area contributed by atoms with Gasteiger partial charge in [0, 0.05) is 13.0 Å². The monoisotopic (exact) mass is 346 g/mol. The molecule has 138 valence electrons. The van der Waals surface area contributed by atoms with E-state index in [4.69, 9.17) is 18.3 Å². The van der Waals surface area contributed by atoms with Crippen LogP contribution in [0.5, 0.6) is 0 Å². The molecule has 2 unspecified atom stereocenters. The van der Waals surface area contributed by atoms with E-state index in [0.717, 1.165) is 70.8 Å².